The molecule has 0 amide bonds. The van der Waals surface area contributed by atoms with Crippen molar-refractivity contribution in [3.05, 3.63) is 0 Å². The molecule has 0 aliphatic carbocycles. The average molecular weight is 382 g/mol. The molecular weight excluding hydrogens is 356 g/mol. The van der Waals surface area contributed by atoms with E-state index in [1.165, 1.54) is 0 Å². The second kappa shape index (κ2) is 13.0. The van der Waals surface area contributed by atoms with Crippen LogP contribution >= 0.6 is 0 Å². The summed E-state index contributed by atoms with van der Waals surface area (Å²) in [6.07, 6.45) is -2.66. The van der Waals surface area contributed by atoms with Crippen LogP contribution < -0.4 is 11.5 Å². The van der Waals surface area contributed by atoms with E-state index in [2.05, 4.69) is 0 Å². The average Bonchev–Trinajstić information content (AvgIpc) is 2.49. The van der Waals surface area contributed by atoms with Gasteiger partial charge < -0.3 is 42.1 Å². The summed E-state index contributed by atoms with van der Waals surface area (Å²) in [6, 6.07) is -0.552. The highest BCUT2D eigenvalue weighted by atomic mass is 16.4. The zero-order chi connectivity index (χ0) is 20.9. The summed E-state index contributed by atoms with van der Waals surface area (Å²) in [4.78, 5) is 40.8. The van der Waals surface area contributed by atoms with Gasteiger partial charge in [-0.05, 0) is 12.8 Å². The minimum Gasteiger partial charge on any atom is -0.481 e. The Hall–Kier alpha value is -2.28. The molecule has 3 unspecified atom stereocenters. The molecule has 0 radical (unpaired) electrons. The third-order valence-corrected chi connectivity index (χ3v) is 3.29. The van der Waals surface area contributed by atoms with E-state index in [1.807, 2.05) is 0 Å². The van der Waals surface area contributed by atoms with Crippen LogP contribution in [0.2, 0.25) is 0 Å². The van der Waals surface area contributed by atoms with Gasteiger partial charge in [-0.15, -0.1) is 0 Å². The molecule has 0 aromatic carbocycles. The van der Waals surface area contributed by atoms with Gasteiger partial charge in [-0.3, -0.25) is 19.2 Å². The van der Waals surface area contributed by atoms with Gasteiger partial charge in [0.25, 0.3) is 0 Å². The first kappa shape index (κ1) is 26.0. The number of hydrogen-bond donors (Lipinski definition) is 8. The van der Waals surface area contributed by atoms with E-state index in [0.717, 1.165) is 0 Å². The predicted octanol–water partition coefficient (Wildman–Crippen LogP) is -1.97. The number of aliphatic carboxylic acids is 4. The van der Waals surface area contributed by atoms with Crippen molar-refractivity contribution in [3.8, 4) is 0 Å². The summed E-state index contributed by atoms with van der Waals surface area (Å²) >= 11 is 0. The first-order chi connectivity index (χ1) is 11.8. The Morgan fingerprint density at radius 2 is 1.38 bits per heavy atom. The fraction of sp³-hybridized carbons (Fsp3) is 0.714. The molecule has 0 spiro atoms. The first-order valence-electron chi connectivity index (χ1n) is 7.54. The number of rotatable bonds is 12. The Morgan fingerprint density at radius 1 is 0.885 bits per heavy atom. The number of carboxylic acids is 4. The van der Waals surface area contributed by atoms with Crippen molar-refractivity contribution in [1.82, 2.24) is 0 Å². The van der Waals surface area contributed by atoms with Gasteiger partial charge in [-0.1, -0.05) is 0 Å². The number of hydrogen-bond acceptors (Lipinski definition) is 8. The molecule has 152 valence electrons. The lowest BCUT2D eigenvalue weighted by Gasteiger charge is -2.31. The van der Waals surface area contributed by atoms with Crippen molar-refractivity contribution in [2.45, 2.75) is 56.2 Å². The third kappa shape index (κ3) is 14.1. The molecule has 0 heterocycles. The largest absolute Gasteiger partial charge is 0.481 e. The Bertz CT molecular complexity index is 484. The van der Waals surface area contributed by atoms with Crippen molar-refractivity contribution >= 4 is 23.9 Å². The Morgan fingerprint density at radius 3 is 1.73 bits per heavy atom. The number of carboxylic acid groups (broad SMARTS) is 4. The van der Waals surface area contributed by atoms with Crippen molar-refractivity contribution in [1.29, 1.82) is 0 Å². The molecule has 0 fully saturated rings. The van der Waals surface area contributed by atoms with E-state index in [9.17, 15) is 24.3 Å². The molecule has 12 heteroatoms. The molecule has 26 heavy (non-hydrogen) atoms. The summed E-state index contributed by atoms with van der Waals surface area (Å²) in [5.41, 5.74) is 9.21. The molecule has 0 bridgehead atoms. The minimum atomic E-state index is -1.61. The summed E-state index contributed by atoms with van der Waals surface area (Å²) < 4.78 is 0. The third-order valence-electron chi connectivity index (χ3n) is 3.29. The number of carbonyl (C=O) groups is 4. The van der Waals surface area contributed by atoms with Crippen molar-refractivity contribution in [3.63, 3.8) is 0 Å². The quantitative estimate of drug-likeness (QED) is 0.183. The van der Waals surface area contributed by atoms with Crippen molar-refractivity contribution < 1.29 is 49.8 Å². The first-order valence-corrected chi connectivity index (χ1v) is 7.54. The molecule has 0 rings (SSSR count). The van der Waals surface area contributed by atoms with Gasteiger partial charge in [-0.25, -0.2) is 0 Å². The van der Waals surface area contributed by atoms with E-state index in [0.29, 0.717) is 0 Å². The van der Waals surface area contributed by atoms with Crippen LogP contribution in [0.4, 0.5) is 0 Å². The lowest BCUT2D eigenvalue weighted by Crippen LogP contribution is -2.54. The van der Waals surface area contributed by atoms with Gasteiger partial charge in [0.15, 0.2) is 0 Å². The lowest BCUT2D eigenvalue weighted by atomic mass is 9.85. The molecule has 0 saturated carbocycles. The molecular formula is C14H26N2O10. The molecule has 12 nitrogen and oxygen atoms in total. The van der Waals surface area contributed by atoms with Gasteiger partial charge >= 0.3 is 23.9 Å². The summed E-state index contributed by atoms with van der Waals surface area (Å²) in [5.74, 6) is -4.34. The van der Waals surface area contributed by atoms with Gasteiger partial charge in [0, 0.05) is 18.9 Å². The second-order valence-electron chi connectivity index (χ2n) is 5.69. The van der Waals surface area contributed by atoms with Crippen LogP contribution in [0.5, 0.6) is 0 Å². The topological polar surface area (TPSA) is 242 Å². The fourth-order valence-electron chi connectivity index (χ4n) is 1.81. The lowest BCUT2D eigenvalue weighted by molar-refractivity contribution is -0.142. The summed E-state index contributed by atoms with van der Waals surface area (Å²) in [7, 11) is 0. The maximum atomic E-state index is 10.5. The molecule has 0 saturated heterocycles. The highest BCUT2D eigenvalue weighted by Crippen LogP contribution is 2.19. The molecule has 3 atom stereocenters. The number of nitrogens with two attached hydrogens (primary N) is 2. The van der Waals surface area contributed by atoms with Crippen LogP contribution in [0.3, 0.4) is 0 Å². The fourth-order valence-corrected chi connectivity index (χ4v) is 1.81. The zero-order valence-electron chi connectivity index (χ0n) is 14.1. The van der Waals surface area contributed by atoms with E-state index in [1.54, 1.807) is 0 Å². The molecule has 0 aromatic rings. The molecule has 0 aliphatic heterocycles. The normalized spacial score (nSPS) is 14.9. The van der Waals surface area contributed by atoms with E-state index in [-0.39, 0.29) is 32.1 Å². The smallest absolute Gasteiger partial charge is 0.305 e. The number of aliphatic hydroxyl groups is 2. The Labute approximate surface area is 149 Å². The molecule has 0 aliphatic rings. The highest BCUT2D eigenvalue weighted by molar-refractivity contribution is 5.70. The standard InChI is InChI=1S/C8H15NO6.C6H11NO4/c9-8(3-7(14)15,5(11)4-10)2-1-6(12)13;7-4(3-6(10)11)1-2-5(8)9/h5,10-11H,1-4,9H2,(H,12,13)(H,14,15);4H,1-3,7H2,(H,8,9)(H,10,11). The Balaban J connectivity index is 0. The van der Waals surface area contributed by atoms with Crippen LogP contribution in [-0.2, 0) is 19.2 Å². The Kier molecular flexibility index (Phi) is 13.0. The summed E-state index contributed by atoms with van der Waals surface area (Å²) in [6.45, 7) is -0.705. The SMILES string of the molecule is NC(CCC(=O)O)(CC(=O)O)C(O)CO.NC(CCC(=O)O)CC(=O)O. The van der Waals surface area contributed by atoms with E-state index in [4.69, 9.17) is 37.0 Å². The maximum Gasteiger partial charge on any atom is 0.305 e. The summed E-state index contributed by atoms with van der Waals surface area (Å²) in [5, 5.41) is 51.4. The molecule has 10 N–H and O–H groups in total. The van der Waals surface area contributed by atoms with E-state index >= 15 is 0 Å². The minimum absolute atomic E-state index is 0.0750. The number of aliphatic hydroxyl groups excluding tert-OH is 2. The maximum absolute atomic E-state index is 10.5. The van der Waals surface area contributed by atoms with Crippen LogP contribution in [0.25, 0.3) is 0 Å². The van der Waals surface area contributed by atoms with Crippen LogP contribution in [-0.4, -0.2) is 78.8 Å². The zero-order valence-corrected chi connectivity index (χ0v) is 14.1. The van der Waals surface area contributed by atoms with Crippen LogP contribution in [0, 0.1) is 0 Å². The second-order valence-corrected chi connectivity index (χ2v) is 5.69. The molecule has 0 aromatic heterocycles. The van der Waals surface area contributed by atoms with Gasteiger partial charge in [0.2, 0.25) is 0 Å². The van der Waals surface area contributed by atoms with Crippen LogP contribution in [0.15, 0.2) is 0 Å². The monoisotopic (exact) mass is 382 g/mol. The predicted molar refractivity (Wildman–Crippen MR) is 86.2 cm³/mol. The van der Waals surface area contributed by atoms with Gasteiger partial charge in [0.1, 0.15) is 0 Å². The van der Waals surface area contributed by atoms with Gasteiger partial charge in [0.05, 0.1) is 31.1 Å². The highest BCUT2D eigenvalue weighted by Gasteiger charge is 2.36. The van der Waals surface area contributed by atoms with Crippen molar-refractivity contribution in [2.24, 2.45) is 11.5 Å². The van der Waals surface area contributed by atoms with Crippen LogP contribution in [0.1, 0.15) is 38.5 Å². The van der Waals surface area contributed by atoms with Gasteiger partial charge in [-0.2, -0.15) is 0 Å². The van der Waals surface area contributed by atoms with Crippen molar-refractivity contribution in [2.75, 3.05) is 6.61 Å². The van der Waals surface area contributed by atoms with E-state index < -0.39 is 54.6 Å².